The van der Waals surface area contributed by atoms with Crippen molar-refractivity contribution >= 4 is 26.9 Å². The van der Waals surface area contributed by atoms with Crippen LogP contribution in [0.15, 0.2) is 59.5 Å². The average molecular weight is 357 g/mol. The molecular formula is C18H19N3O3S. The maximum absolute atomic E-state index is 12.6. The molecule has 0 atom stereocenters. The van der Waals surface area contributed by atoms with Crippen molar-refractivity contribution in [3.63, 3.8) is 0 Å². The van der Waals surface area contributed by atoms with Crippen molar-refractivity contribution in [2.75, 3.05) is 11.3 Å². The van der Waals surface area contributed by atoms with Crippen LogP contribution in [0.4, 0.5) is 5.82 Å². The zero-order valence-electron chi connectivity index (χ0n) is 13.8. The number of nitrogens with zero attached hydrogens (tertiary/aromatic N) is 2. The highest BCUT2D eigenvalue weighted by Gasteiger charge is 2.19. The number of benzene rings is 2. The summed E-state index contributed by atoms with van der Waals surface area (Å²) in [5, 5.41) is 0. The van der Waals surface area contributed by atoms with Gasteiger partial charge in [0.2, 0.25) is 5.82 Å². The van der Waals surface area contributed by atoms with E-state index in [9.17, 15) is 8.42 Å². The minimum atomic E-state index is -3.77. The first-order valence-corrected chi connectivity index (χ1v) is 9.56. The standard InChI is InChI=1S/C18H19N3O3S/c1-2-3-13-24-18-17(19-15-11-7-8-12-16(15)20-18)21-25(22,23)14-9-5-4-6-10-14/h4-12H,2-3,13H2,1H3,(H,19,21). The van der Waals surface area contributed by atoms with Gasteiger partial charge in [-0.05, 0) is 30.7 Å². The molecule has 0 spiro atoms. The lowest BCUT2D eigenvalue weighted by Gasteiger charge is -2.13. The Labute approximate surface area is 146 Å². The normalized spacial score (nSPS) is 11.4. The van der Waals surface area contributed by atoms with Crippen molar-refractivity contribution in [2.45, 2.75) is 24.7 Å². The maximum Gasteiger partial charge on any atom is 0.263 e. The Morgan fingerprint density at radius 2 is 1.60 bits per heavy atom. The number of unbranched alkanes of at least 4 members (excludes halogenated alkanes) is 1. The summed E-state index contributed by atoms with van der Waals surface area (Å²) in [4.78, 5) is 8.96. The first-order valence-electron chi connectivity index (χ1n) is 8.07. The molecule has 1 heterocycles. The lowest BCUT2D eigenvalue weighted by Crippen LogP contribution is -2.16. The number of sulfonamides is 1. The molecule has 0 saturated heterocycles. The van der Waals surface area contributed by atoms with Crippen molar-refractivity contribution in [3.05, 3.63) is 54.6 Å². The molecule has 0 aliphatic rings. The molecule has 0 fully saturated rings. The van der Waals surface area contributed by atoms with Gasteiger partial charge in [-0.1, -0.05) is 43.7 Å². The summed E-state index contributed by atoms with van der Waals surface area (Å²) in [5.41, 5.74) is 1.24. The van der Waals surface area contributed by atoms with Crippen LogP contribution in [0, 0.1) is 0 Å². The highest BCUT2D eigenvalue weighted by molar-refractivity contribution is 7.92. The topological polar surface area (TPSA) is 81.2 Å². The SMILES string of the molecule is CCCCOc1nc2ccccc2nc1NS(=O)(=O)c1ccccc1. The van der Waals surface area contributed by atoms with E-state index in [2.05, 4.69) is 21.6 Å². The minimum absolute atomic E-state index is 0.0960. The van der Waals surface area contributed by atoms with Crippen LogP contribution >= 0.6 is 0 Å². The number of nitrogens with one attached hydrogen (secondary N) is 1. The van der Waals surface area contributed by atoms with Crippen molar-refractivity contribution in [2.24, 2.45) is 0 Å². The Kier molecular flexibility index (Phi) is 5.14. The smallest absolute Gasteiger partial charge is 0.263 e. The van der Waals surface area contributed by atoms with Crippen LogP contribution in [-0.4, -0.2) is 25.0 Å². The number of rotatable bonds is 7. The zero-order valence-corrected chi connectivity index (χ0v) is 14.7. The van der Waals surface area contributed by atoms with E-state index in [1.54, 1.807) is 24.3 Å². The Morgan fingerprint density at radius 1 is 0.960 bits per heavy atom. The number of para-hydroxylation sites is 2. The van der Waals surface area contributed by atoms with Gasteiger partial charge in [0, 0.05) is 0 Å². The second-order valence-corrected chi connectivity index (χ2v) is 7.17. The second kappa shape index (κ2) is 7.48. The number of fused-ring (bicyclic) bond motifs is 1. The zero-order chi connectivity index (χ0) is 17.7. The molecular weight excluding hydrogens is 338 g/mol. The molecule has 3 aromatic rings. The molecule has 6 nitrogen and oxygen atoms in total. The van der Waals surface area contributed by atoms with Gasteiger partial charge in [0.1, 0.15) is 0 Å². The second-order valence-electron chi connectivity index (χ2n) is 5.49. The van der Waals surface area contributed by atoms with E-state index >= 15 is 0 Å². The van der Waals surface area contributed by atoms with E-state index < -0.39 is 10.0 Å². The quantitative estimate of drug-likeness (QED) is 0.653. The summed E-state index contributed by atoms with van der Waals surface area (Å²) >= 11 is 0. The van der Waals surface area contributed by atoms with E-state index in [0.717, 1.165) is 12.8 Å². The largest absolute Gasteiger partial charge is 0.475 e. The van der Waals surface area contributed by atoms with Crippen LogP contribution in [0.5, 0.6) is 5.88 Å². The van der Waals surface area contributed by atoms with Gasteiger partial charge in [-0.25, -0.2) is 18.4 Å². The molecule has 3 rings (SSSR count). The molecule has 0 radical (unpaired) electrons. The van der Waals surface area contributed by atoms with Gasteiger partial charge < -0.3 is 4.74 Å². The summed E-state index contributed by atoms with van der Waals surface area (Å²) in [6, 6.07) is 15.4. The van der Waals surface area contributed by atoms with Crippen molar-refractivity contribution < 1.29 is 13.2 Å². The predicted molar refractivity (Wildman–Crippen MR) is 97.2 cm³/mol. The first kappa shape index (κ1) is 17.2. The molecule has 0 unspecified atom stereocenters. The van der Waals surface area contributed by atoms with Gasteiger partial charge in [-0.3, -0.25) is 4.72 Å². The van der Waals surface area contributed by atoms with Gasteiger partial charge in [-0.2, -0.15) is 0 Å². The van der Waals surface area contributed by atoms with Gasteiger partial charge in [0.15, 0.2) is 0 Å². The van der Waals surface area contributed by atoms with Crippen molar-refractivity contribution in [3.8, 4) is 5.88 Å². The maximum atomic E-state index is 12.6. The Bertz CT molecular complexity index is 960. The van der Waals surface area contributed by atoms with Gasteiger partial charge in [-0.15, -0.1) is 0 Å². The molecule has 0 bridgehead atoms. The monoisotopic (exact) mass is 357 g/mol. The summed E-state index contributed by atoms with van der Waals surface area (Å²) in [6.45, 7) is 2.50. The van der Waals surface area contributed by atoms with Crippen LogP contribution in [0.25, 0.3) is 11.0 Å². The van der Waals surface area contributed by atoms with Crippen molar-refractivity contribution in [1.82, 2.24) is 9.97 Å². The molecule has 0 saturated carbocycles. The van der Waals surface area contributed by atoms with Crippen LogP contribution < -0.4 is 9.46 Å². The third-order valence-electron chi connectivity index (χ3n) is 3.56. The summed E-state index contributed by atoms with van der Waals surface area (Å²) in [5.74, 6) is 0.283. The fourth-order valence-electron chi connectivity index (χ4n) is 2.25. The van der Waals surface area contributed by atoms with E-state index in [-0.39, 0.29) is 16.6 Å². The lowest BCUT2D eigenvalue weighted by atomic mass is 10.3. The number of aromatic nitrogens is 2. The molecule has 0 aliphatic carbocycles. The van der Waals surface area contributed by atoms with Gasteiger partial charge >= 0.3 is 0 Å². The molecule has 1 aromatic heterocycles. The summed E-state index contributed by atoms with van der Waals surface area (Å²) in [7, 11) is -3.77. The number of hydrogen-bond donors (Lipinski definition) is 1. The van der Waals surface area contributed by atoms with Gasteiger partial charge in [0.25, 0.3) is 15.9 Å². The number of ether oxygens (including phenoxy) is 1. The number of hydrogen-bond acceptors (Lipinski definition) is 5. The Balaban J connectivity index is 1.99. The van der Waals surface area contributed by atoms with E-state index in [0.29, 0.717) is 17.6 Å². The van der Waals surface area contributed by atoms with E-state index in [1.165, 1.54) is 12.1 Å². The molecule has 0 aliphatic heterocycles. The predicted octanol–water partition coefficient (Wildman–Crippen LogP) is 3.61. The van der Waals surface area contributed by atoms with Crippen LogP contribution in [-0.2, 0) is 10.0 Å². The molecule has 1 N–H and O–H groups in total. The minimum Gasteiger partial charge on any atom is -0.475 e. The molecule has 7 heteroatoms. The third-order valence-corrected chi connectivity index (χ3v) is 4.91. The average Bonchev–Trinajstić information content (AvgIpc) is 2.63. The van der Waals surface area contributed by atoms with E-state index in [4.69, 9.17) is 4.74 Å². The summed E-state index contributed by atoms with van der Waals surface area (Å²) in [6.07, 6.45) is 1.81. The highest BCUT2D eigenvalue weighted by Crippen LogP contribution is 2.26. The van der Waals surface area contributed by atoms with Crippen LogP contribution in [0.1, 0.15) is 19.8 Å². The Hall–Kier alpha value is -2.67. The molecule has 2 aromatic carbocycles. The lowest BCUT2D eigenvalue weighted by molar-refractivity contribution is 0.299. The molecule has 130 valence electrons. The fourth-order valence-corrected chi connectivity index (χ4v) is 3.27. The third kappa shape index (κ3) is 4.06. The fraction of sp³-hybridized carbons (Fsp3) is 0.222. The van der Waals surface area contributed by atoms with Crippen LogP contribution in [0.3, 0.4) is 0 Å². The molecule has 25 heavy (non-hydrogen) atoms. The van der Waals surface area contributed by atoms with Crippen LogP contribution in [0.2, 0.25) is 0 Å². The Morgan fingerprint density at radius 3 is 2.28 bits per heavy atom. The van der Waals surface area contributed by atoms with Gasteiger partial charge in [0.05, 0.1) is 22.5 Å². The molecule has 0 amide bonds. The summed E-state index contributed by atoms with van der Waals surface area (Å²) < 4.78 is 33.3. The highest BCUT2D eigenvalue weighted by atomic mass is 32.2. The van der Waals surface area contributed by atoms with E-state index in [1.807, 2.05) is 18.2 Å². The first-order chi connectivity index (χ1) is 12.1. The van der Waals surface area contributed by atoms with Crippen molar-refractivity contribution in [1.29, 1.82) is 0 Å². The number of anilines is 1.